The van der Waals surface area contributed by atoms with Crippen molar-refractivity contribution in [2.75, 3.05) is 52.6 Å². The van der Waals surface area contributed by atoms with Crippen LogP contribution in [0, 0.1) is 0 Å². The second kappa shape index (κ2) is 29.9. The van der Waals surface area contributed by atoms with Crippen molar-refractivity contribution in [2.24, 2.45) is 0 Å². The van der Waals surface area contributed by atoms with Crippen LogP contribution in [0.1, 0.15) is 80.1 Å². The molecule has 1 aliphatic heterocycles. The second-order valence-electron chi connectivity index (χ2n) is 8.57. The lowest BCUT2D eigenvalue weighted by atomic mass is 10.3. The standard InChI is InChI=1S/C12H21NO5.C8H15NO4.C4H5NO3.C4H8O2/c1-4-7-10(14)13(8-11(15)17-5-2)9-12(16)18-6-3;1-3-12-7(10)5-9-6-8(11)13-4-2;6-3-1-2-4(7)5(3)8;1-2-3-4(5)6/h4-9H2,1-3H3;9H,3-6H2,1-2H3;8H,1-2H2;2-3H2,1H3,(H,5,6). The molecule has 0 aliphatic carbocycles. The number of hydrogen-bond donors (Lipinski definition) is 3. The zero-order valence-electron chi connectivity index (χ0n) is 27.1. The predicted octanol–water partition coefficient (Wildman–Crippen LogP) is 0.839. The van der Waals surface area contributed by atoms with Crippen molar-refractivity contribution < 1.29 is 67.6 Å². The Hall–Kier alpha value is -4.12. The molecule has 3 N–H and O–H groups in total. The van der Waals surface area contributed by atoms with Crippen LogP contribution in [-0.2, 0) is 57.3 Å². The molecule has 0 aromatic carbocycles. The van der Waals surface area contributed by atoms with Gasteiger partial charge in [-0.3, -0.25) is 48.9 Å². The van der Waals surface area contributed by atoms with E-state index in [0.29, 0.717) is 32.5 Å². The summed E-state index contributed by atoms with van der Waals surface area (Å²) in [6.45, 7) is 11.3. The molecule has 17 heteroatoms. The Labute approximate surface area is 263 Å². The van der Waals surface area contributed by atoms with Gasteiger partial charge in [-0.05, 0) is 40.5 Å². The number of hydroxylamine groups is 2. The van der Waals surface area contributed by atoms with Crippen LogP contribution in [0.15, 0.2) is 0 Å². The molecule has 17 nitrogen and oxygen atoms in total. The Morgan fingerprint density at radius 3 is 1.27 bits per heavy atom. The summed E-state index contributed by atoms with van der Waals surface area (Å²) in [5, 5.41) is 19.1. The topological polar surface area (TPSA) is 232 Å². The third-order valence-electron chi connectivity index (χ3n) is 4.71. The van der Waals surface area contributed by atoms with Crippen molar-refractivity contribution in [1.29, 1.82) is 0 Å². The summed E-state index contributed by atoms with van der Waals surface area (Å²) in [4.78, 5) is 87.1. The Kier molecular flexibility index (Phi) is 30.1. The molecule has 45 heavy (non-hydrogen) atoms. The first-order valence-electron chi connectivity index (χ1n) is 14.6. The Morgan fingerprint density at radius 2 is 1.02 bits per heavy atom. The van der Waals surface area contributed by atoms with Crippen LogP contribution in [0.2, 0.25) is 0 Å². The van der Waals surface area contributed by atoms with E-state index in [1.165, 1.54) is 4.90 Å². The van der Waals surface area contributed by atoms with Crippen LogP contribution >= 0.6 is 0 Å². The SMILES string of the molecule is CCCC(=O)N(CC(=O)OCC)CC(=O)OCC.CCCC(=O)O.CCOC(=O)CNCC(=O)OCC.O=C1CCC(=O)N1O. The molecule has 1 saturated heterocycles. The molecule has 0 aromatic rings. The maximum atomic E-state index is 11.7. The van der Waals surface area contributed by atoms with Crippen molar-refractivity contribution >= 4 is 47.6 Å². The number of carboxylic acid groups (broad SMARTS) is 1. The highest BCUT2D eigenvalue weighted by Gasteiger charge is 2.26. The summed E-state index contributed by atoms with van der Waals surface area (Å²) >= 11 is 0. The summed E-state index contributed by atoms with van der Waals surface area (Å²) in [6.07, 6.45) is 2.26. The van der Waals surface area contributed by atoms with Gasteiger partial charge >= 0.3 is 29.8 Å². The summed E-state index contributed by atoms with van der Waals surface area (Å²) in [7, 11) is 0. The van der Waals surface area contributed by atoms with Crippen LogP contribution in [0.25, 0.3) is 0 Å². The lowest BCUT2D eigenvalue weighted by Gasteiger charge is -2.20. The number of hydrogen-bond acceptors (Lipinski definition) is 14. The molecular formula is C28H49N3O14. The zero-order valence-corrected chi connectivity index (χ0v) is 27.1. The molecule has 0 radical (unpaired) electrons. The number of rotatable bonds is 16. The Balaban J connectivity index is -0.000000567. The van der Waals surface area contributed by atoms with E-state index in [-0.39, 0.29) is 75.1 Å². The lowest BCUT2D eigenvalue weighted by molar-refractivity contribution is -0.171. The molecule has 0 saturated carbocycles. The number of esters is 4. The highest BCUT2D eigenvalue weighted by molar-refractivity contribution is 6.00. The molecular weight excluding hydrogens is 602 g/mol. The van der Waals surface area contributed by atoms with Crippen LogP contribution < -0.4 is 5.32 Å². The van der Waals surface area contributed by atoms with Gasteiger partial charge in [0, 0.05) is 25.7 Å². The number of carboxylic acids is 1. The van der Waals surface area contributed by atoms with Crippen LogP contribution in [0.5, 0.6) is 0 Å². The number of nitrogens with zero attached hydrogens (tertiary/aromatic N) is 2. The van der Waals surface area contributed by atoms with Crippen molar-refractivity contribution in [1.82, 2.24) is 15.3 Å². The molecule has 1 aliphatic rings. The van der Waals surface area contributed by atoms with Gasteiger partial charge in [-0.1, -0.05) is 13.8 Å². The number of ether oxygens (including phenoxy) is 4. The van der Waals surface area contributed by atoms with E-state index in [4.69, 9.17) is 19.8 Å². The number of carbonyl (C=O) groups excluding carboxylic acids is 7. The normalized spacial score (nSPS) is 11.3. The van der Waals surface area contributed by atoms with Gasteiger partial charge in [-0.25, -0.2) is 0 Å². The number of amides is 3. The quantitative estimate of drug-likeness (QED) is 0.0908. The first kappa shape index (κ1) is 45.3. The highest BCUT2D eigenvalue weighted by atomic mass is 16.5. The monoisotopic (exact) mass is 651 g/mol. The van der Waals surface area contributed by atoms with E-state index in [2.05, 4.69) is 14.8 Å². The average molecular weight is 652 g/mol. The minimum atomic E-state index is -0.711. The van der Waals surface area contributed by atoms with E-state index in [0.717, 1.165) is 6.42 Å². The number of imide groups is 1. The van der Waals surface area contributed by atoms with Crippen LogP contribution in [0.3, 0.4) is 0 Å². The Morgan fingerprint density at radius 1 is 0.667 bits per heavy atom. The van der Waals surface area contributed by atoms with Gasteiger partial charge in [0.1, 0.15) is 13.1 Å². The summed E-state index contributed by atoms with van der Waals surface area (Å²) in [5.74, 6) is -3.75. The van der Waals surface area contributed by atoms with Gasteiger partial charge in [-0.15, -0.1) is 0 Å². The number of nitrogens with one attached hydrogen (secondary N) is 1. The fourth-order valence-electron chi connectivity index (χ4n) is 2.80. The number of aliphatic carboxylic acids is 1. The molecule has 1 fully saturated rings. The third kappa shape index (κ3) is 28.4. The van der Waals surface area contributed by atoms with Crippen molar-refractivity contribution in [2.45, 2.75) is 80.1 Å². The van der Waals surface area contributed by atoms with Gasteiger partial charge < -0.3 is 29.0 Å². The Bertz CT molecular complexity index is 872. The van der Waals surface area contributed by atoms with Crippen molar-refractivity contribution in [3.8, 4) is 0 Å². The van der Waals surface area contributed by atoms with E-state index in [1.54, 1.807) is 27.7 Å². The molecule has 0 aromatic heterocycles. The molecule has 0 spiro atoms. The van der Waals surface area contributed by atoms with Gasteiger partial charge in [0.25, 0.3) is 11.8 Å². The van der Waals surface area contributed by atoms with Gasteiger partial charge in [0.05, 0.1) is 39.5 Å². The lowest BCUT2D eigenvalue weighted by Crippen LogP contribution is -2.40. The second-order valence-corrected chi connectivity index (χ2v) is 8.57. The first-order valence-corrected chi connectivity index (χ1v) is 14.6. The summed E-state index contributed by atoms with van der Waals surface area (Å²) < 4.78 is 18.8. The maximum Gasteiger partial charge on any atom is 0.325 e. The predicted molar refractivity (Wildman–Crippen MR) is 156 cm³/mol. The maximum absolute atomic E-state index is 11.7. The minimum Gasteiger partial charge on any atom is -0.481 e. The molecule has 0 bridgehead atoms. The van der Waals surface area contributed by atoms with Gasteiger partial charge in [-0.2, -0.15) is 5.06 Å². The smallest absolute Gasteiger partial charge is 0.325 e. The zero-order chi connectivity index (χ0) is 35.2. The fraction of sp³-hybridized carbons (Fsp3) is 0.714. The fourth-order valence-corrected chi connectivity index (χ4v) is 2.80. The minimum absolute atomic E-state index is 0.0344. The van der Waals surface area contributed by atoms with E-state index in [9.17, 15) is 38.4 Å². The molecule has 1 heterocycles. The molecule has 260 valence electrons. The van der Waals surface area contributed by atoms with E-state index in [1.807, 2.05) is 13.8 Å². The summed E-state index contributed by atoms with van der Waals surface area (Å²) in [5.41, 5.74) is 0. The van der Waals surface area contributed by atoms with Crippen LogP contribution in [-0.4, -0.2) is 120 Å². The summed E-state index contributed by atoms with van der Waals surface area (Å²) in [6, 6.07) is 0. The first-order chi connectivity index (χ1) is 21.2. The highest BCUT2D eigenvalue weighted by Crippen LogP contribution is 2.07. The van der Waals surface area contributed by atoms with Crippen molar-refractivity contribution in [3.63, 3.8) is 0 Å². The molecule has 3 amide bonds. The number of carbonyl (C=O) groups is 8. The van der Waals surface area contributed by atoms with E-state index >= 15 is 0 Å². The molecule has 1 rings (SSSR count). The van der Waals surface area contributed by atoms with Gasteiger partial charge in [0.15, 0.2) is 0 Å². The largest absolute Gasteiger partial charge is 0.481 e. The molecule has 0 atom stereocenters. The third-order valence-corrected chi connectivity index (χ3v) is 4.71. The average Bonchev–Trinajstić information content (AvgIpc) is 3.25. The van der Waals surface area contributed by atoms with Crippen LogP contribution in [0.4, 0.5) is 0 Å². The molecule has 0 unspecified atom stereocenters. The van der Waals surface area contributed by atoms with Crippen molar-refractivity contribution in [3.05, 3.63) is 0 Å². The van der Waals surface area contributed by atoms with Gasteiger partial charge in [0.2, 0.25) is 5.91 Å². The van der Waals surface area contributed by atoms with E-state index < -0.39 is 29.7 Å².